The molecule has 0 aliphatic heterocycles. The predicted octanol–water partition coefficient (Wildman–Crippen LogP) is 4.49. The lowest BCUT2D eigenvalue weighted by molar-refractivity contribution is 0.0768. The van der Waals surface area contributed by atoms with Crippen molar-refractivity contribution in [3.63, 3.8) is 0 Å². The number of aromatic nitrogens is 2. The number of amides is 1. The minimum Gasteiger partial charge on any atom is -0.487 e. The van der Waals surface area contributed by atoms with Crippen LogP contribution in [0.1, 0.15) is 61.9 Å². The maximum absolute atomic E-state index is 13.0. The Balaban J connectivity index is 2.42. The number of ether oxygens (including phenoxy) is 1. The van der Waals surface area contributed by atoms with Crippen LogP contribution < -0.4 is 10.5 Å². The van der Waals surface area contributed by atoms with E-state index in [9.17, 15) is 4.79 Å². The number of anilines is 1. The summed E-state index contributed by atoms with van der Waals surface area (Å²) in [7, 11) is 0. The van der Waals surface area contributed by atoms with Crippen LogP contribution in [0.25, 0.3) is 0 Å². The number of benzene rings is 1. The van der Waals surface area contributed by atoms with E-state index in [4.69, 9.17) is 10.5 Å². The zero-order valence-electron chi connectivity index (χ0n) is 17.5. The average Bonchev–Trinajstić information content (AvgIpc) is 2.60. The van der Waals surface area contributed by atoms with Crippen LogP contribution in [0.15, 0.2) is 22.7 Å². The van der Waals surface area contributed by atoms with Crippen molar-refractivity contribution in [2.45, 2.75) is 53.6 Å². The van der Waals surface area contributed by atoms with Gasteiger partial charge in [0, 0.05) is 23.1 Å². The SMILES string of the molecule is CCN(CC)C(=O)c1c(C)nc(N)nc1COc1ccc(Br)cc1C(C)(C)C. The molecule has 0 radical (unpaired) electrons. The molecule has 28 heavy (non-hydrogen) atoms. The standard InChI is InChI=1S/C21H29BrN4O2/c1-7-26(8-2)19(27)18-13(3)24-20(23)25-16(18)12-28-17-10-9-14(22)11-15(17)21(4,5)6/h9-11H,7-8,12H2,1-6H3,(H2,23,24,25). The quantitative estimate of drug-likeness (QED) is 0.703. The normalized spacial score (nSPS) is 11.4. The van der Waals surface area contributed by atoms with E-state index >= 15 is 0 Å². The maximum Gasteiger partial charge on any atom is 0.257 e. The van der Waals surface area contributed by atoms with Crippen LogP contribution in [0.4, 0.5) is 5.95 Å². The van der Waals surface area contributed by atoms with Gasteiger partial charge in [-0.15, -0.1) is 0 Å². The molecule has 2 rings (SSSR count). The lowest BCUT2D eigenvalue weighted by Crippen LogP contribution is -2.32. The van der Waals surface area contributed by atoms with Gasteiger partial charge in [-0.05, 0) is 44.4 Å². The minimum absolute atomic E-state index is 0.0976. The molecular formula is C21H29BrN4O2. The highest BCUT2D eigenvalue weighted by molar-refractivity contribution is 9.10. The molecule has 1 amide bonds. The Labute approximate surface area is 175 Å². The summed E-state index contributed by atoms with van der Waals surface area (Å²) >= 11 is 3.52. The molecule has 0 aliphatic carbocycles. The van der Waals surface area contributed by atoms with Gasteiger partial charge in [0.25, 0.3) is 5.91 Å². The van der Waals surface area contributed by atoms with Crippen molar-refractivity contribution in [2.75, 3.05) is 18.8 Å². The van der Waals surface area contributed by atoms with E-state index in [-0.39, 0.29) is 23.9 Å². The molecule has 0 atom stereocenters. The fourth-order valence-electron chi connectivity index (χ4n) is 3.07. The van der Waals surface area contributed by atoms with Gasteiger partial charge in [0.2, 0.25) is 5.95 Å². The first-order valence-corrected chi connectivity index (χ1v) is 10.2. The van der Waals surface area contributed by atoms with E-state index in [0.29, 0.717) is 30.0 Å². The lowest BCUT2D eigenvalue weighted by Gasteiger charge is -2.24. The highest BCUT2D eigenvalue weighted by Gasteiger charge is 2.24. The Morgan fingerprint density at radius 2 is 1.86 bits per heavy atom. The molecule has 1 heterocycles. The molecule has 2 N–H and O–H groups in total. The van der Waals surface area contributed by atoms with Gasteiger partial charge in [-0.25, -0.2) is 9.97 Å². The second-order valence-corrected chi connectivity index (χ2v) is 8.56. The molecule has 7 heteroatoms. The molecule has 1 aromatic heterocycles. The van der Waals surface area contributed by atoms with Crippen molar-refractivity contribution in [1.82, 2.24) is 14.9 Å². The summed E-state index contributed by atoms with van der Waals surface area (Å²) in [6, 6.07) is 5.91. The highest BCUT2D eigenvalue weighted by Crippen LogP contribution is 2.34. The monoisotopic (exact) mass is 448 g/mol. The van der Waals surface area contributed by atoms with E-state index < -0.39 is 0 Å². The largest absolute Gasteiger partial charge is 0.487 e. The van der Waals surface area contributed by atoms with Gasteiger partial charge in [-0.1, -0.05) is 36.7 Å². The van der Waals surface area contributed by atoms with Gasteiger partial charge in [0.15, 0.2) is 0 Å². The number of rotatable bonds is 6. The number of hydrogen-bond donors (Lipinski definition) is 1. The Hall–Kier alpha value is -2.15. The molecule has 0 saturated carbocycles. The maximum atomic E-state index is 13.0. The van der Waals surface area contributed by atoms with Crippen LogP contribution in [0.2, 0.25) is 0 Å². The van der Waals surface area contributed by atoms with Gasteiger partial charge in [0.05, 0.1) is 17.0 Å². The predicted molar refractivity (Wildman–Crippen MR) is 116 cm³/mol. The third-order valence-electron chi connectivity index (χ3n) is 4.56. The van der Waals surface area contributed by atoms with Gasteiger partial charge >= 0.3 is 0 Å². The van der Waals surface area contributed by atoms with Gasteiger partial charge in [-0.3, -0.25) is 4.79 Å². The Morgan fingerprint density at radius 3 is 2.43 bits per heavy atom. The number of hydrogen-bond acceptors (Lipinski definition) is 5. The zero-order valence-corrected chi connectivity index (χ0v) is 19.1. The third kappa shape index (κ3) is 5.01. The second-order valence-electron chi connectivity index (χ2n) is 7.65. The van der Waals surface area contributed by atoms with E-state index in [1.165, 1.54) is 0 Å². The first-order chi connectivity index (χ1) is 13.1. The summed E-state index contributed by atoms with van der Waals surface area (Å²) in [5, 5.41) is 0. The van der Waals surface area contributed by atoms with Crippen LogP contribution in [-0.2, 0) is 12.0 Å². The molecule has 0 aliphatic rings. The van der Waals surface area contributed by atoms with Crippen LogP contribution in [0.5, 0.6) is 5.75 Å². The van der Waals surface area contributed by atoms with Crippen LogP contribution in [0.3, 0.4) is 0 Å². The summed E-state index contributed by atoms with van der Waals surface area (Å²) < 4.78 is 7.11. The number of aryl methyl sites for hydroxylation is 1. The Morgan fingerprint density at radius 1 is 1.21 bits per heavy atom. The Bertz CT molecular complexity index is 858. The number of carbonyl (C=O) groups excluding carboxylic acids is 1. The van der Waals surface area contributed by atoms with Gasteiger partial charge in [-0.2, -0.15) is 0 Å². The second kappa shape index (κ2) is 8.90. The Kier molecular flexibility index (Phi) is 7.04. The minimum atomic E-state index is -0.104. The molecule has 6 nitrogen and oxygen atoms in total. The van der Waals surface area contributed by atoms with Crippen molar-refractivity contribution >= 4 is 27.8 Å². The lowest BCUT2D eigenvalue weighted by atomic mass is 9.86. The first kappa shape index (κ1) is 22.1. The van der Waals surface area contributed by atoms with E-state index in [2.05, 4.69) is 52.7 Å². The fourth-order valence-corrected chi connectivity index (χ4v) is 3.43. The summed E-state index contributed by atoms with van der Waals surface area (Å²) in [4.78, 5) is 23.2. The number of nitrogen functional groups attached to an aromatic ring is 1. The number of halogens is 1. The van der Waals surface area contributed by atoms with E-state index in [1.807, 2.05) is 26.0 Å². The molecule has 0 fully saturated rings. The van der Waals surface area contributed by atoms with Crippen LogP contribution in [0, 0.1) is 6.92 Å². The summed E-state index contributed by atoms with van der Waals surface area (Å²) in [5.41, 5.74) is 8.35. The molecule has 152 valence electrons. The highest BCUT2D eigenvalue weighted by atomic mass is 79.9. The molecule has 1 aromatic carbocycles. The zero-order chi connectivity index (χ0) is 21.1. The smallest absolute Gasteiger partial charge is 0.257 e. The molecule has 0 bridgehead atoms. The van der Waals surface area contributed by atoms with Crippen molar-refractivity contribution in [3.8, 4) is 5.75 Å². The fraction of sp³-hybridized carbons (Fsp3) is 0.476. The number of carbonyl (C=O) groups is 1. The number of nitrogens with two attached hydrogens (primary N) is 1. The average molecular weight is 449 g/mol. The molecule has 0 unspecified atom stereocenters. The van der Waals surface area contributed by atoms with Crippen molar-refractivity contribution in [3.05, 3.63) is 45.2 Å². The number of nitrogens with zero attached hydrogens (tertiary/aromatic N) is 3. The summed E-state index contributed by atoms with van der Waals surface area (Å²) in [6.07, 6.45) is 0. The molecule has 0 saturated heterocycles. The first-order valence-electron chi connectivity index (χ1n) is 9.43. The molecule has 0 spiro atoms. The van der Waals surface area contributed by atoms with Crippen LogP contribution in [-0.4, -0.2) is 33.9 Å². The summed E-state index contributed by atoms with van der Waals surface area (Å²) in [5.74, 6) is 0.791. The topological polar surface area (TPSA) is 81.3 Å². The van der Waals surface area contributed by atoms with Crippen molar-refractivity contribution in [2.24, 2.45) is 0 Å². The van der Waals surface area contributed by atoms with Gasteiger partial charge in [0.1, 0.15) is 12.4 Å². The van der Waals surface area contributed by atoms with Crippen molar-refractivity contribution < 1.29 is 9.53 Å². The molecular weight excluding hydrogens is 420 g/mol. The summed E-state index contributed by atoms with van der Waals surface area (Å²) in [6.45, 7) is 13.4. The van der Waals surface area contributed by atoms with Gasteiger partial charge < -0.3 is 15.4 Å². The van der Waals surface area contributed by atoms with Crippen molar-refractivity contribution in [1.29, 1.82) is 0 Å². The molecule has 2 aromatic rings. The van der Waals surface area contributed by atoms with E-state index in [0.717, 1.165) is 15.8 Å². The van der Waals surface area contributed by atoms with Crippen LogP contribution >= 0.6 is 15.9 Å². The third-order valence-corrected chi connectivity index (χ3v) is 5.05. The van der Waals surface area contributed by atoms with E-state index in [1.54, 1.807) is 11.8 Å².